The van der Waals surface area contributed by atoms with Crippen LogP contribution in [0.3, 0.4) is 0 Å². The summed E-state index contributed by atoms with van der Waals surface area (Å²) in [6.07, 6.45) is 1.82. The summed E-state index contributed by atoms with van der Waals surface area (Å²) in [4.78, 5) is 11.6. The first-order chi connectivity index (χ1) is 9.06. The Morgan fingerprint density at radius 3 is 2.89 bits per heavy atom. The number of rotatable bonds is 6. The largest absolute Gasteiger partial charge is 0.483 e. The summed E-state index contributed by atoms with van der Waals surface area (Å²) < 4.78 is 5.52. The Balaban J connectivity index is 1.89. The number of aliphatic hydroxyl groups is 1. The highest BCUT2D eigenvalue weighted by Crippen LogP contribution is 2.28. The van der Waals surface area contributed by atoms with Gasteiger partial charge in [-0.1, -0.05) is 12.1 Å². The molecule has 0 saturated heterocycles. The molecule has 0 spiro atoms. The minimum Gasteiger partial charge on any atom is -0.483 e. The van der Waals surface area contributed by atoms with Crippen molar-refractivity contribution in [1.82, 2.24) is 5.32 Å². The van der Waals surface area contributed by atoms with Crippen LogP contribution in [-0.4, -0.2) is 24.2 Å². The van der Waals surface area contributed by atoms with Crippen molar-refractivity contribution in [2.75, 3.05) is 13.2 Å². The van der Waals surface area contributed by atoms with Crippen LogP contribution in [0, 0.1) is 12.8 Å². The Hall–Kier alpha value is -1.55. The topological polar surface area (TPSA) is 58.6 Å². The summed E-state index contributed by atoms with van der Waals surface area (Å²) in [5, 5.41) is 12.5. The summed E-state index contributed by atoms with van der Waals surface area (Å²) in [7, 11) is 0. The van der Waals surface area contributed by atoms with E-state index in [9.17, 15) is 9.90 Å². The maximum Gasteiger partial charge on any atom is 0.257 e. The lowest BCUT2D eigenvalue weighted by molar-refractivity contribution is -0.123. The lowest BCUT2D eigenvalue weighted by Gasteiger charge is -2.14. The normalized spacial score (nSPS) is 15.9. The van der Waals surface area contributed by atoms with Gasteiger partial charge in [0.1, 0.15) is 5.75 Å². The molecular weight excluding hydrogens is 242 g/mol. The molecule has 0 unspecified atom stereocenters. The number of hydrogen-bond donors (Lipinski definition) is 2. The number of nitrogens with one attached hydrogen (secondary N) is 1. The molecule has 1 aliphatic rings. The molecule has 2 rings (SSSR count). The number of benzene rings is 1. The number of carbonyl (C=O) groups excluding carboxylic acids is 1. The Morgan fingerprint density at radius 2 is 2.26 bits per heavy atom. The maximum atomic E-state index is 11.6. The van der Waals surface area contributed by atoms with E-state index in [2.05, 4.69) is 5.32 Å². The highest BCUT2D eigenvalue weighted by atomic mass is 16.5. The molecule has 1 aromatic carbocycles. The molecular formula is C15H21NO3. The molecule has 4 heteroatoms. The first-order valence-corrected chi connectivity index (χ1v) is 6.74. The second-order valence-electron chi connectivity index (χ2n) is 5.25. The van der Waals surface area contributed by atoms with Gasteiger partial charge in [0.05, 0.1) is 6.10 Å². The van der Waals surface area contributed by atoms with Gasteiger partial charge < -0.3 is 15.2 Å². The zero-order valence-corrected chi connectivity index (χ0v) is 11.5. The van der Waals surface area contributed by atoms with Gasteiger partial charge in [0.15, 0.2) is 6.61 Å². The van der Waals surface area contributed by atoms with E-state index in [4.69, 9.17) is 4.74 Å². The van der Waals surface area contributed by atoms with Crippen molar-refractivity contribution >= 4 is 5.91 Å². The van der Waals surface area contributed by atoms with Gasteiger partial charge >= 0.3 is 0 Å². The van der Waals surface area contributed by atoms with Crippen LogP contribution < -0.4 is 10.1 Å². The van der Waals surface area contributed by atoms with Crippen LogP contribution in [0.4, 0.5) is 0 Å². The Kier molecular flexibility index (Phi) is 4.43. The predicted octanol–water partition coefficient (Wildman–Crippen LogP) is 1.95. The quantitative estimate of drug-likeness (QED) is 0.824. The second-order valence-corrected chi connectivity index (χ2v) is 5.25. The van der Waals surface area contributed by atoms with Crippen molar-refractivity contribution < 1.29 is 14.6 Å². The van der Waals surface area contributed by atoms with Gasteiger partial charge in [0.25, 0.3) is 5.91 Å². The van der Waals surface area contributed by atoms with Crippen LogP contribution in [0.5, 0.6) is 5.75 Å². The third-order valence-corrected chi connectivity index (χ3v) is 3.26. The molecule has 1 fully saturated rings. The molecule has 104 valence electrons. The molecule has 4 nitrogen and oxygen atoms in total. The molecule has 1 amide bonds. The lowest BCUT2D eigenvalue weighted by atomic mass is 10.1. The Labute approximate surface area is 113 Å². The molecule has 1 aromatic rings. The number of carbonyl (C=O) groups is 1. The smallest absolute Gasteiger partial charge is 0.257 e. The monoisotopic (exact) mass is 263 g/mol. The highest BCUT2D eigenvalue weighted by molar-refractivity contribution is 5.77. The SMILES string of the molecule is Cc1ccc([C@@H](C)O)c(OCC(=O)NCC2CC2)c1. The van der Waals surface area contributed by atoms with Gasteiger partial charge in [-0.25, -0.2) is 0 Å². The Bertz CT molecular complexity index is 453. The predicted molar refractivity (Wildman–Crippen MR) is 73.0 cm³/mol. The minimum atomic E-state index is -0.606. The zero-order chi connectivity index (χ0) is 13.8. The van der Waals surface area contributed by atoms with E-state index in [0.717, 1.165) is 12.1 Å². The molecule has 1 saturated carbocycles. The van der Waals surface area contributed by atoms with Gasteiger partial charge in [-0.05, 0) is 44.2 Å². The van der Waals surface area contributed by atoms with Crippen molar-refractivity contribution in [3.05, 3.63) is 29.3 Å². The molecule has 0 heterocycles. The van der Waals surface area contributed by atoms with Crippen LogP contribution >= 0.6 is 0 Å². The van der Waals surface area contributed by atoms with Crippen molar-refractivity contribution in [2.24, 2.45) is 5.92 Å². The highest BCUT2D eigenvalue weighted by Gasteiger charge is 2.21. The number of aryl methyl sites for hydroxylation is 1. The first kappa shape index (κ1) is 13.9. The molecule has 0 radical (unpaired) electrons. The molecule has 2 N–H and O–H groups in total. The molecule has 0 aliphatic heterocycles. The third kappa shape index (κ3) is 4.24. The number of ether oxygens (including phenoxy) is 1. The van der Waals surface area contributed by atoms with E-state index in [1.165, 1.54) is 12.8 Å². The van der Waals surface area contributed by atoms with Crippen molar-refractivity contribution in [1.29, 1.82) is 0 Å². The lowest BCUT2D eigenvalue weighted by Crippen LogP contribution is -2.30. The van der Waals surface area contributed by atoms with Crippen LogP contribution in [-0.2, 0) is 4.79 Å². The summed E-state index contributed by atoms with van der Waals surface area (Å²) in [6, 6.07) is 5.59. The molecule has 0 aromatic heterocycles. The number of hydrogen-bond acceptors (Lipinski definition) is 3. The van der Waals surface area contributed by atoms with Crippen LogP contribution in [0.2, 0.25) is 0 Å². The average Bonchev–Trinajstić information content (AvgIpc) is 3.17. The van der Waals surface area contributed by atoms with E-state index in [1.54, 1.807) is 6.92 Å². The van der Waals surface area contributed by atoms with Crippen molar-refractivity contribution in [3.63, 3.8) is 0 Å². The molecule has 0 bridgehead atoms. The van der Waals surface area contributed by atoms with Gasteiger partial charge in [0.2, 0.25) is 0 Å². The van der Waals surface area contributed by atoms with E-state index < -0.39 is 6.10 Å². The third-order valence-electron chi connectivity index (χ3n) is 3.26. The van der Waals surface area contributed by atoms with Crippen molar-refractivity contribution in [2.45, 2.75) is 32.8 Å². The standard InChI is InChI=1S/C15H21NO3/c1-10-3-6-13(11(2)17)14(7-10)19-9-15(18)16-8-12-4-5-12/h3,6-7,11-12,17H,4-5,8-9H2,1-2H3,(H,16,18)/t11-/m1/s1. The average molecular weight is 263 g/mol. The molecule has 19 heavy (non-hydrogen) atoms. The van der Waals surface area contributed by atoms with Crippen LogP contribution in [0.15, 0.2) is 18.2 Å². The minimum absolute atomic E-state index is 0.00407. The van der Waals surface area contributed by atoms with Gasteiger partial charge in [-0.2, -0.15) is 0 Å². The summed E-state index contributed by atoms with van der Waals surface area (Å²) in [5.41, 5.74) is 1.75. The van der Waals surface area contributed by atoms with E-state index >= 15 is 0 Å². The van der Waals surface area contributed by atoms with E-state index in [0.29, 0.717) is 17.2 Å². The van der Waals surface area contributed by atoms with Crippen LogP contribution in [0.25, 0.3) is 0 Å². The summed E-state index contributed by atoms with van der Waals surface area (Å²) >= 11 is 0. The van der Waals surface area contributed by atoms with E-state index in [-0.39, 0.29) is 12.5 Å². The summed E-state index contributed by atoms with van der Waals surface area (Å²) in [6.45, 7) is 4.38. The maximum absolute atomic E-state index is 11.6. The van der Waals surface area contributed by atoms with Gasteiger partial charge in [-0.3, -0.25) is 4.79 Å². The first-order valence-electron chi connectivity index (χ1n) is 6.74. The molecule has 1 aliphatic carbocycles. The summed E-state index contributed by atoms with van der Waals surface area (Å²) in [5.74, 6) is 1.14. The van der Waals surface area contributed by atoms with Crippen LogP contribution in [0.1, 0.15) is 37.0 Å². The number of aliphatic hydroxyl groups excluding tert-OH is 1. The van der Waals surface area contributed by atoms with Crippen molar-refractivity contribution in [3.8, 4) is 5.75 Å². The molecule has 1 atom stereocenters. The van der Waals surface area contributed by atoms with Gasteiger partial charge in [-0.15, -0.1) is 0 Å². The second kappa shape index (κ2) is 6.06. The fourth-order valence-corrected chi connectivity index (χ4v) is 1.89. The van der Waals surface area contributed by atoms with E-state index in [1.807, 2.05) is 25.1 Å². The fourth-order valence-electron chi connectivity index (χ4n) is 1.89. The number of amides is 1. The fraction of sp³-hybridized carbons (Fsp3) is 0.533. The van der Waals surface area contributed by atoms with Gasteiger partial charge in [0, 0.05) is 12.1 Å². The Morgan fingerprint density at radius 1 is 1.53 bits per heavy atom. The zero-order valence-electron chi connectivity index (χ0n) is 11.5.